The molecule has 0 fully saturated rings. The first-order valence-electron chi connectivity index (χ1n) is 8.95. The van der Waals surface area contributed by atoms with Gasteiger partial charge in [0.1, 0.15) is 0 Å². The molecule has 3 aromatic heterocycles. The number of carbonyl (C=O) groups excluding carboxylic acids is 1. The van der Waals surface area contributed by atoms with Gasteiger partial charge in [-0.15, -0.1) is 5.10 Å². The fourth-order valence-electron chi connectivity index (χ4n) is 2.70. The molecule has 0 aliphatic heterocycles. The number of carbonyl (C=O) groups is 1. The average Bonchev–Trinajstić information content (AvgIpc) is 3.27. The Balaban J connectivity index is 1.40. The minimum absolute atomic E-state index is 0.193. The number of benzene rings is 1. The summed E-state index contributed by atoms with van der Waals surface area (Å²) in [7, 11) is 0. The molecule has 0 saturated heterocycles. The van der Waals surface area contributed by atoms with E-state index in [4.69, 9.17) is 0 Å². The van der Waals surface area contributed by atoms with Gasteiger partial charge in [-0.05, 0) is 30.3 Å². The van der Waals surface area contributed by atoms with Crippen LogP contribution in [0.15, 0.2) is 78.0 Å². The van der Waals surface area contributed by atoms with Crippen LogP contribution in [-0.4, -0.2) is 42.2 Å². The van der Waals surface area contributed by atoms with Crippen LogP contribution in [0.4, 0.5) is 0 Å². The molecule has 0 spiro atoms. The Labute approximate surface area is 165 Å². The maximum Gasteiger partial charge on any atom is 0.273 e. The van der Waals surface area contributed by atoms with Crippen LogP contribution in [0, 0.1) is 0 Å². The first-order chi connectivity index (χ1) is 14.2. The third-order valence-electron chi connectivity index (χ3n) is 4.14. The van der Waals surface area contributed by atoms with Crippen LogP contribution >= 0.6 is 0 Å². The molecule has 29 heavy (non-hydrogen) atoms. The SMILES string of the molecule is O=C(NCCn1nc(-c2cccnc2)ccc1=O)c1cnn(-c2ccccc2)n1. The van der Waals surface area contributed by atoms with Crippen molar-refractivity contribution in [3.63, 3.8) is 0 Å². The van der Waals surface area contributed by atoms with Crippen molar-refractivity contribution in [1.82, 2.24) is 35.1 Å². The van der Waals surface area contributed by atoms with Crippen molar-refractivity contribution in [3.05, 3.63) is 89.2 Å². The van der Waals surface area contributed by atoms with Crippen LogP contribution in [0.5, 0.6) is 0 Å². The molecular formula is C20H17N7O2. The van der Waals surface area contributed by atoms with E-state index in [2.05, 4.69) is 25.6 Å². The Bertz CT molecular complexity index is 1170. The van der Waals surface area contributed by atoms with Crippen LogP contribution in [0.25, 0.3) is 16.9 Å². The molecule has 9 heteroatoms. The van der Waals surface area contributed by atoms with Crippen molar-refractivity contribution in [2.45, 2.75) is 6.54 Å². The van der Waals surface area contributed by atoms with Crippen LogP contribution in [0.3, 0.4) is 0 Å². The van der Waals surface area contributed by atoms with Crippen molar-refractivity contribution in [1.29, 1.82) is 0 Å². The van der Waals surface area contributed by atoms with Gasteiger partial charge in [0.05, 0.1) is 24.1 Å². The Morgan fingerprint density at radius 1 is 0.966 bits per heavy atom. The number of hydrogen-bond donors (Lipinski definition) is 1. The summed E-state index contributed by atoms with van der Waals surface area (Å²) < 4.78 is 1.31. The van der Waals surface area contributed by atoms with Gasteiger partial charge in [-0.2, -0.15) is 15.0 Å². The predicted molar refractivity (Wildman–Crippen MR) is 105 cm³/mol. The van der Waals surface area contributed by atoms with Crippen molar-refractivity contribution in [2.75, 3.05) is 6.54 Å². The van der Waals surface area contributed by atoms with Crippen molar-refractivity contribution >= 4 is 5.91 Å². The Hall–Kier alpha value is -4.14. The topological polar surface area (TPSA) is 108 Å². The highest BCUT2D eigenvalue weighted by Gasteiger charge is 2.11. The maximum absolute atomic E-state index is 12.3. The summed E-state index contributed by atoms with van der Waals surface area (Å²) in [6, 6.07) is 16.1. The lowest BCUT2D eigenvalue weighted by Crippen LogP contribution is -2.32. The zero-order valence-corrected chi connectivity index (χ0v) is 15.3. The van der Waals surface area contributed by atoms with Gasteiger partial charge >= 0.3 is 0 Å². The van der Waals surface area contributed by atoms with E-state index in [0.717, 1.165) is 11.3 Å². The van der Waals surface area contributed by atoms with E-state index in [1.165, 1.54) is 21.7 Å². The Morgan fingerprint density at radius 2 is 1.83 bits per heavy atom. The number of nitrogens with one attached hydrogen (secondary N) is 1. The molecule has 4 rings (SSSR count). The molecule has 0 aliphatic rings. The average molecular weight is 387 g/mol. The molecule has 1 aromatic carbocycles. The molecule has 1 N–H and O–H groups in total. The first kappa shape index (κ1) is 18.2. The summed E-state index contributed by atoms with van der Waals surface area (Å²) in [5.74, 6) is -0.372. The molecule has 3 heterocycles. The van der Waals surface area contributed by atoms with Gasteiger partial charge in [-0.3, -0.25) is 14.6 Å². The van der Waals surface area contributed by atoms with E-state index in [9.17, 15) is 9.59 Å². The third-order valence-corrected chi connectivity index (χ3v) is 4.14. The number of nitrogens with zero attached hydrogens (tertiary/aromatic N) is 6. The van der Waals surface area contributed by atoms with Crippen molar-refractivity contribution in [3.8, 4) is 16.9 Å². The molecule has 1 amide bonds. The summed E-state index contributed by atoms with van der Waals surface area (Å²) in [5, 5.41) is 15.4. The maximum atomic E-state index is 12.3. The second-order valence-electron chi connectivity index (χ2n) is 6.13. The number of aromatic nitrogens is 6. The van der Waals surface area contributed by atoms with Crippen LogP contribution in [0.2, 0.25) is 0 Å². The van der Waals surface area contributed by atoms with Gasteiger partial charge in [0, 0.05) is 30.6 Å². The zero-order chi connectivity index (χ0) is 20.1. The molecule has 144 valence electrons. The molecule has 0 bridgehead atoms. The van der Waals surface area contributed by atoms with E-state index in [-0.39, 0.29) is 30.2 Å². The van der Waals surface area contributed by atoms with Crippen LogP contribution < -0.4 is 10.9 Å². The molecule has 0 aliphatic carbocycles. The summed E-state index contributed by atoms with van der Waals surface area (Å²) >= 11 is 0. The van der Waals surface area contributed by atoms with Gasteiger partial charge in [-0.1, -0.05) is 18.2 Å². The quantitative estimate of drug-likeness (QED) is 0.535. The first-order valence-corrected chi connectivity index (χ1v) is 8.95. The monoisotopic (exact) mass is 387 g/mol. The van der Waals surface area contributed by atoms with E-state index in [1.54, 1.807) is 24.5 Å². The van der Waals surface area contributed by atoms with Gasteiger partial charge < -0.3 is 5.32 Å². The highest BCUT2D eigenvalue weighted by Crippen LogP contribution is 2.12. The second kappa shape index (κ2) is 8.26. The molecule has 9 nitrogen and oxygen atoms in total. The Morgan fingerprint density at radius 3 is 2.62 bits per heavy atom. The minimum atomic E-state index is -0.372. The van der Waals surface area contributed by atoms with Crippen LogP contribution in [0.1, 0.15) is 10.5 Å². The lowest BCUT2D eigenvalue weighted by molar-refractivity contribution is 0.0946. The summed E-state index contributed by atoms with van der Waals surface area (Å²) in [5.41, 5.74) is 2.15. The predicted octanol–water partition coefficient (Wildman–Crippen LogP) is 1.32. The van der Waals surface area contributed by atoms with E-state index >= 15 is 0 Å². The molecular weight excluding hydrogens is 370 g/mol. The molecule has 0 atom stereocenters. The zero-order valence-electron chi connectivity index (χ0n) is 15.3. The molecule has 0 unspecified atom stereocenters. The van der Waals surface area contributed by atoms with Gasteiger partial charge in [0.2, 0.25) is 0 Å². The fraction of sp³-hybridized carbons (Fsp3) is 0.100. The largest absolute Gasteiger partial charge is 0.349 e. The lowest BCUT2D eigenvalue weighted by Gasteiger charge is -2.07. The minimum Gasteiger partial charge on any atom is -0.349 e. The number of rotatable bonds is 6. The molecule has 4 aromatic rings. The smallest absolute Gasteiger partial charge is 0.273 e. The van der Waals surface area contributed by atoms with Gasteiger partial charge in [-0.25, -0.2) is 4.68 Å². The van der Waals surface area contributed by atoms with Crippen molar-refractivity contribution < 1.29 is 4.79 Å². The normalized spacial score (nSPS) is 10.6. The summed E-state index contributed by atoms with van der Waals surface area (Å²) in [4.78, 5) is 29.8. The van der Waals surface area contributed by atoms with Crippen LogP contribution in [-0.2, 0) is 6.54 Å². The number of hydrogen-bond acceptors (Lipinski definition) is 6. The van der Waals surface area contributed by atoms with Gasteiger partial charge in [0.15, 0.2) is 5.69 Å². The van der Waals surface area contributed by atoms with E-state index < -0.39 is 0 Å². The molecule has 0 saturated carbocycles. The third kappa shape index (κ3) is 4.24. The highest BCUT2D eigenvalue weighted by molar-refractivity contribution is 5.91. The van der Waals surface area contributed by atoms with E-state index in [0.29, 0.717) is 5.69 Å². The summed E-state index contributed by atoms with van der Waals surface area (Å²) in [6.07, 6.45) is 4.74. The summed E-state index contributed by atoms with van der Waals surface area (Å²) in [6.45, 7) is 0.450. The number of amides is 1. The number of pyridine rings is 1. The van der Waals surface area contributed by atoms with E-state index in [1.807, 2.05) is 36.4 Å². The molecule has 0 radical (unpaired) electrons. The van der Waals surface area contributed by atoms with Crippen molar-refractivity contribution in [2.24, 2.45) is 0 Å². The van der Waals surface area contributed by atoms with Gasteiger partial charge in [0.25, 0.3) is 11.5 Å². The fourth-order valence-corrected chi connectivity index (χ4v) is 2.70. The number of para-hydroxylation sites is 1. The Kier molecular flexibility index (Phi) is 5.19. The second-order valence-corrected chi connectivity index (χ2v) is 6.13. The highest BCUT2D eigenvalue weighted by atomic mass is 16.2. The standard InChI is InChI=1S/C20H17N7O2/c28-19-9-8-17(15-5-4-10-21-13-15)24-26(19)12-11-22-20(29)18-14-23-27(25-18)16-6-2-1-3-7-16/h1-10,13-14H,11-12H2,(H,22,29). The lowest BCUT2D eigenvalue weighted by atomic mass is 10.2.